The molecule has 0 radical (unpaired) electrons. The summed E-state index contributed by atoms with van der Waals surface area (Å²) in [6, 6.07) is 7.73. The summed E-state index contributed by atoms with van der Waals surface area (Å²) in [5, 5.41) is 15.1. The first kappa shape index (κ1) is 25.2. The Morgan fingerprint density at radius 1 is 1.26 bits per heavy atom. The molecule has 0 fully saturated rings. The molecule has 0 saturated carbocycles. The van der Waals surface area contributed by atoms with E-state index in [1.165, 1.54) is 0 Å². The van der Waals surface area contributed by atoms with Crippen molar-refractivity contribution in [3.8, 4) is 5.75 Å². The maximum absolute atomic E-state index is 10.8. The molecule has 1 heterocycles. The van der Waals surface area contributed by atoms with Crippen molar-refractivity contribution < 1.29 is 9.84 Å². The molecule has 1 aromatic heterocycles. The van der Waals surface area contributed by atoms with Crippen LogP contribution in [0.4, 0.5) is 5.69 Å². The minimum Gasteiger partial charge on any atom is -0.497 e. The Balaban J connectivity index is 0.00000338. The van der Waals surface area contributed by atoms with E-state index in [2.05, 4.69) is 28.4 Å². The number of nitrogens with zero attached hydrogens (tertiary/aromatic N) is 2. The number of aliphatic hydroxyl groups is 1. The number of benzene rings is 1. The predicted octanol–water partition coefficient (Wildman–Crippen LogP) is 3.92. The Morgan fingerprint density at radius 3 is 2.52 bits per heavy atom. The molecule has 27 heavy (non-hydrogen) atoms. The number of fused-ring (bicyclic) bond motifs is 1. The van der Waals surface area contributed by atoms with Crippen molar-refractivity contribution >= 4 is 41.4 Å². The lowest BCUT2D eigenvalue weighted by Crippen LogP contribution is -2.45. The van der Waals surface area contributed by atoms with Crippen LogP contribution in [0.25, 0.3) is 10.9 Å². The maximum atomic E-state index is 10.8. The van der Waals surface area contributed by atoms with Crippen LogP contribution in [0.1, 0.15) is 6.92 Å². The van der Waals surface area contributed by atoms with Crippen LogP contribution in [0.2, 0.25) is 0 Å². The van der Waals surface area contributed by atoms with Crippen LogP contribution in [0.15, 0.2) is 55.8 Å². The fourth-order valence-corrected chi connectivity index (χ4v) is 2.81. The van der Waals surface area contributed by atoms with Crippen LogP contribution in [0.5, 0.6) is 5.75 Å². The SMILES string of the molecule is C=CCN(CC=C)CC(C)(O)CNc1cc(OC)cc2cccnc12.Cl.Cl. The monoisotopic (exact) mass is 413 g/mol. The van der Waals surface area contributed by atoms with Gasteiger partial charge >= 0.3 is 0 Å². The number of rotatable bonds is 10. The summed E-state index contributed by atoms with van der Waals surface area (Å²) in [6.45, 7) is 11.6. The van der Waals surface area contributed by atoms with E-state index >= 15 is 0 Å². The van der Waals surface area contributed by atoms with Crippen LogP contribution in [-0.4, -0.2) is 53.9 Å². The summed E-state index contributed by atoms with van der Waals surface area (Å²) in [5.41, 5.74) is 0.776. The van der Waals surface area contributed by atoms with Gasteiger partial charge in [0.1, 0.15) is 5.75 Å². The number of aromatic nitrogens is 1. The number of pyridine rings is 1. The van der Waals surface area contributed by atoms with Gasteiger partial charge in [-0.3, -0.25) is 9.88 Å². The van der Waals surface area contributed by atoms with Crippen LogP contribution >= 0.6 is 24.8 Å². The Hall–Kier alpha value is -1.79. The van der Waals surface area contributed by atoms with E-state index in [4.69, 9.17) is 4.74 Å². The molecule has 0 spiro atoms. The lowest BCUT2D eigenvalue weighted by Gasteiger charge is -2.31. The van der Waals surface area contributed by atoms with E-state index < -0.39 is 5.60 Å². The summed E-state index contributed by atoms with van der Waals surface area (Å²) in [6.07, 6.45) is 5.41. The molecule has 0 aliphatic heterocycles. The molecule has 1 atom stereocenters. The third-order valence-electron chi connectivity index (χ3n) is 3.91. The zero-order valence-electron chi connectivity index (χ0n) is 15.9. The Bertz CT molecular complexity index is 728. The van der Waals surface area contributed by atoms with Gasteiger partial charge in [0.15, 0.2) is 0 Å². The number of ether oxygens (including phenoxy) is 1. The van der Waals surface area contributed by atoms with Crippen molar-refractivity contribution in [3.05, 3.63) is 55.8 Å². The van der Waals surface area contributed by atoms with Gasteiger partial charge in [-0.1, -0.05) is 18.2 Å². The lowest BCUT2D eigenvalue weighted by molar-refractivity contribution is 0.0380. The van der Waals surface area contributed by atoms with E-state index in [1.54, 1.807) is 13.3 Å². The van der Waals surface area contributed by atoms with Crippen molar-refractivity contribution in [3.63, 3.8) is 0 Å². The molecule has 2 N–H and O–H groups in total. The molecule has 5 nitrogen and oxygen atoms in total. The van der Waals surface area contributed by atoms with Crippen molar-refractivity contribution in [2.24, 2.45) is 0 Å². The van der Waals surface area contributed by atoms with Crippen LogP contribution in [0.3, 0.4) is 0 Å². The third-order valence-corrected chi connectivity index (χ3v) is 3.91. The smallest absolute Gasteiger partial charge is 0.121 e. The summed E-state index contributed by atoms with van der Waals surface area (Å²) < 4.78 is 5.36. The normalized spacial score (nSPS) is 12.4. The summed E-state index contributed by atoms with van der Waals surface area (Å²) in [5.74, 6) is 0.752. The molecule has 0 bridgehead atoms. The second kappa shape index (κ2) is 11.8. The van der Waals surface area contributed by atoms with Gasteiger partial charge in [0, 0.05) is 43.8 Å². The first-order chi connectivity index (χ1) is 12.0. The zero-order chi connectivity index (χ0) is 18.3. The van der Waals surface area contributed by atoms with E-state index in [0.717, 1.165) is 22.3 Å². The molecular formula is C20H29Cl2N3O2. The number of nitrogens with one attached hydrogen (secondary N) is 1. The Labute approximate surface area is 173 Å². The average molecular weight is 414 g/mol. The molecule has 1 unspecified atom stereocenters. The second-order valence-electron chi connectivity index (χ2n) is 6.37. The first-order valence-electron chi connectivity index (χ1n) is 8.32. The molecule has 0 amide bonds. The topological polar surface area (TPSA) is 57.6 Å². The molecule has 2 aromatic rings. The van der Waals surface area contributed by atoms with Gasteiger partial charge in [-0.2, -0.15) is 0 Å². The van der Waals surface area contributed by atoms with Gasteiger partial charge in [-0.05, 0) is 19.1 Å². The molecule has 1 aromatic carbocycles. The minimum atomic E-state index is -0.920. The number of hydrogen-bond donors (Lipinski definition) is 2. The first-order valence-corrected chi connectivity index (χ1v) is 8.32. The quantitative estimate of drug-likeness (QED) is 0.577. The van der Waals surface area contributed by atoms with Crippen LogP contribution in [0, 0.1) is 0 Å². The van der Waals surface area contributed by atoms with Crippen molar-refractivity contribution in [1.82, 2.24) is 9.88 Å². The highest BCUT2D eigenvalue weighted by molar-refractivity contribution is 5.91. The van der Waals surface area contributed by atoms with Gasteiger partial charge in [-0.15, -0.1) is 38.0 Å². The van der Waals surface area contributed by atoms with Crippen molar-refractivity contribution in [2.75, 3.05) is 38.6 Å². The van der Waals surface area contributed by atoms with Gasteiger partial charge in [0.25, 0.3) is 0 Å². The standard InChI is InChI=1S/C20H27N3O2.2ClH/c1-5-10-23(11-6-2)15-20(3,24)14-22-18-13-17(25-4)12-16-8-7-9-21-19(16)18;;/h5-9,12-13,22,24H,1-2,10-11,14-15H2,3-4H3;2*1H. The van der Waals surface area contributed by atoms with Crippen molar-refractivity contribution in [1.29, 1.82) is 0 Å². The lowest BCUT2D eigenvalue weighted by atomic mass is 10.1. The summed E-state index contributed by atoms with van der Waals surface area (Å²) in [7, 11) is 1.64. The highest BCUT2D eigenvalue weighted by Gasteiger charge is 2.23. The Kier molecular flexibility index (Phi) is 11.0. The summed E-state index contributed by atoms with van der Waals surface area (Å²) in [4.78, 5) is 6.53. The fourth-order valence-electron chi connectivity index (χ4n) is 2.81. The second-order valence-corrected chi connectivity index (χ2v) is 6.37. The number of hydrogen-bond acceptors (Lipinski definition) is 5. The fraction of sp³-hybridized carbons (Fsp3) is 0.350. The van der Waals surface area contributed by atoms with Crippen LogP contribution < -0.4 is 10.1 Å². The van der Waals surface area contributed by atoms with Crippen molar-refractivity contribution in [2.45, 2.75) is 12.5 Å². The molecule has 2 rings (SSSR count). The highest BCUT2D eigenvalue weighted by Crippen LogP contribution is 2.28. The molecule has 150 valence electrons. The maximum Gasteiger partial charge on any atom is 0.121 e. The van der Waals surface area contributed by atoms with E-state index in [-0.39, 0.29) is 24.8 Å². The molecule has 0 saturated heterocycles. The highest BCUT2D eigenvalue weighted by atomic mass is 35.5. The third kappa shape index (κ3) is 7.39. The molecule has 7 heteroatoms. The summed E-state index contributed by atoms with van der Waals surface area (Å²) >= 11 is 0. The zero-order valence-corrected chi connectivity index (χ0v) is 17.5. The largest absolute Gasteiger partial charge is 0.497 e. The van der Waals surface area contributed by atoms with Gasteiger partial charge in [0.05, 0.1) is 23.9 Å². The van der Waals surface area contributed by atoms with Gasteiger partial charge in [-0.25, -0.2) is 0 Å². The van der Waals surface area contributed by atoms with E-state index in [0.29, 0.717) is 26.2 Å². The van der Waals surface area contributed by atoms with E-state index in [1.807, 2.05) is 43.3 Å². The Morgan fingerprint density at radius 2 is 1.93 bits per heavy atom. The molecular weight excluding hydrogens is 385 g/mol. The number of methoxy groups -OCH3 is 1. The van der Waals surface area contributed by atoms with Gasteiger partial charge in [0.2, 0.25) is 0 Å². The minimum absolute atomic E-state index is 0. The molecule has 0 aliphatic rings. The molecule has 0 aliphatic carbocycles. The van der Waals surface area contributed by atoms with Gasteiger partial charge < -0.3 is 15.2 Å². The average Bonchev–Trinajstić information content (AvgIpc) is 2.59. The van der Waals surface area contributed by atoms with E-state index in [9.17, 15) is 5.11 Å². The number of halogens is 2. The number of anilines is 1. The van der Waals surface area contributed by atoms with Crippen LogP contribution in [-0.2, 0) is 0 Å². The predicted molar refractivity (Wildman–Crippen MR) is 119 cm³/mol.